The van der Waals surface area contributed by atoms with Gasteiger partial charge in [0.25, 0.3) is 0 Å². The largest absolute Gasteiger partial charge is 0.399 e. The molecule has 0 fully saturated rings. The van der Waals surface area contributed by atoms with Crippen molar-refractivity contribution in [1.82, 2.24) is 4.98 Å². The topological polar surface area (TPSA) is 38.9 Å². The zero-order valence-corrected chi connectivity index (χ0v) is 12.3. The van der Waals surface area contributed by atoms with Crippen molar-refractivity contribution in [3.8, 4) is 10.6 Å². The van der Waals surface area contributed by atoms with Gasteiger partial charge < -0.3 is 5.73 Å². The fourth-order valence-corrected chi connectivity index (χ4v) is 3.43. The number of hydrogen-bond donors (Lipinski definition) is 1. The Morgan fingerprint density at radius 1 is 1.17 bits per heavy atom. The van der Waals surface area contributed by atoms with E-state index in [1.165, 1.54) is 0 Å². The second kappa shape index (κ2) is 4.53. The summed E-state index contributed by atoms with van der Waals surface area (Å²) < 4.78 is 2.10. The first-order chi connectivity index (χ1) is 8.63. The van der Waals surface area contributed by atoms with Crippen LogP contribution in [0.3, 0.4) is 0 Å². The summed E-state index contributed by atoms with van der Waals surface area (Å²) in [5, 5.41) is 1.64. The van der Waals surface area contributed by atoms with E-state index in [2.05, 4.69) is 20.9 Å². The van der Waals surface area contributed by atoms with Crippen LogP contribution < -0.4 is 5.73 Å². The molecule has 0 amide bonds. The van der Waals surface area contributed by atoms with Gasteiger partial charge in [-0.2, -0.15) is 0 Å². The van der Waals surface area contributed by atoms with E-state index < -0.39 is 0 Å². The van der Waals surface area contributed by atoms with Gasteiger partial charge in [0.15, 0.2) is 0 Å². The van der Waals surface area contributed by atoms with Crippen LogP contribution >= 0.6 is 38.9 Å². The summed E-state index contributed by atoms with van der Waals surface area (Å²) in [4.78, 5) is 4.59. The van der Waals surface area contributed by atoms with Gasteiger partial charge in [0.05, 0.1) is 10.2 Å². The molecule has 0 saturated carbocycles. The van der Waals surface area contributed by atoms with Crippen molar-refractivity contribution in [3.05, 3.63) is 45.9 Å². The van der Waals surface area contributed by atoms with Gasteiger partial charge in [-0.15, -0.1) is 11.3 Å². The smallest absolute Gasteiger partial charge is 0.125 e. The molecule has 2 nitrogen and oxygen atoms in total. The van der Waals surface area contributed by atoms with Gasteiger partial charge in [-0.05, 0) is 36.4 Å². The molecule has 2 aromatic carbocycles. The molecule has 3 rings (SSSR count). The highest BCUT2D eigenvalue weighted by Gasteiger charge is 2.10. The predicted octanol–water partition coefficient (Wildman–Crippen LogP) is 4.96. The Balaban J connectivity index is 2.22. The Morgan fingerprint density at radius 3 is 2.83 bits per heavy atom. The van der Waals surface area contributed by atoms with Gasteiger partial charge in [0, 0.05) is 20.7 Å². The third-order valence-electron chi connectivity index (χ3n) is 2.57. The van der Waals surface area contributed by atoms with Gasteiger partial charge in [0.2, 0.25) is 0 Å². The minimum atomic E-state index is 0.700. The summed E-state index contributed by atoms with van der Waals surface area (Å²) in [6, 6.07) is 11.4. The summed E-state index contributed by atoms with van der Waals surface area (Å²) in [5.74, 6) is 0. The Labute approximate surface area is 122 Å². The summed E-state index contributed by atoms with van der Waals surface area (Å²) in [5.41, 5.74) is 8.47. The normalized spacial score (nSPS) is 11.0. The van der Waals surface area contributed by atoms with Crippen molar-refractivity contribution in [2.45, 2.75) is 0 Å². The lowest BCUT2D eigenvalue weighted by Gasteiger charge is -2.01. The first-order valence-corrected chi connectivity index (χ1v) is 7.24. The molecule has 0 spiro atoms. The van der Waals surface area contributed by atoms with Crippen LogP contribution in [-0.2, 0) is 0 Å². The zero-order chi connectivity index (χ0) is 12.7. The number of aromatic nitrogens is 1. The molecule has 0 atom stereocenters. The second-order valence-electron chi connectivity index (χ2n) is 3.87. The van der Waals surface area contributed by atoms with Crippen molar-refractivity contribution in [2.75, 3.05) is 5.73 Å². The summed E-state index contributed by atoms with van der Waals surface area (Å²) >= 11 is 11.1. The molecular weight excluding hydrogens is 332 g/mol. The quantitative estimate of drug-likeness (QED) is 0.636. The van der Waals surface area contributed by atoms with E-state index in [4.69, 9.17) is 17.3 Å². The molecule has 0 aliphatic heterocycles. The van der Waals surface area contributed by atoms with Crippen molar-refractivity contribution in [1.29, 1.82) is 0 Å². The number of anilines is 1. The fraction of sp³-hybridized carbons (Fsp3) is 0. The molecule has 3 aromatic rings. The molecule has 0 saturated heterocycles. The van der Waals surface area contributed by atoms with Crippen molar-refractivity contribution in [3.63, 3.8) is 0 Å². The van der Waals surface area contributed by atoms with E-state index in [0.29, 0.717) is 5.02 Å². The van der Waals surface area contributed by atoms with E-state index >= 15 is 0 Å². The molecule has 2 N–H and O–H groups in total. The Morgan fingerprint density at radius 2 is 2.00 bits per heavy atom. The predicted molar refractivity (Wildman–Crippen MR) is 82.2 cm³/mol. The molecule has 0 bridgehead atoms. The highest BCUT2D eigenvalue weighted by atomic mass is 79.9. The van der Waals surface area contributed by atoms with E-state index in [9.17, 15) is 0 Å². The fourth-order valence-electron chi connectivity index (χ4n) is 1.72. The minimum Gasteiger partial charge on any atom is -0.399 e. The monoisotopic (exact) mass is 338 g/mol. The van der Waals surface area contributed by atoms with Crippen LogP contribution in [0.5, 0.6) is 0 Å². The van der Waals surface area contributed by atoms with Crippen LogP contribution in [0.25, 0.3) is 20.8 Å². The second-order valence-corrected chi connectivity index (χ2v) is 6.19. The number of hydrogen-bond acceptors (Lipinski definition) is 3. The number of nitrogen functional groups attached to an aromatic ring is 1. The molecule has 18 heavy (non-hydrogen) atoms. The SMILES string of the molecule is Nc1ccc(Br)c(-c2nc3cc(Cl)ccc3s2)c1. The number of benzene rings is 2. The molecule has 0 aliphatic carbocycles. The maximum atomic E-state index is 5.97. The van der Waals surface area contributed by atoms with Crippen molar-refractivity contribution in [2.24, 2.45) is 0 Å². The molecule has 1 heterocycles. The van der Waals surface area contributed by atoms with E-state index in [0.717, 1.165) is 30.9 Å². The summed E-state index contributed by atoms with van der Waals surface area (Å²) in [7, 11) is 0. The third kappa shape index (κ3) is 2.11. The van der Waals surface area contributed by atoms with E-state index in [1.807, 2.05) is 36.4 Å². The number of rotatable bonds is 1. The van der Waals surface area contributed by atoms with Gasteiger partial charge in [-0.1, -0.05) is 27.5 Å². The number of thiazole rings is 1. The van der Waals surface area contributed by atoms with Crippen molar-refractivity contribution < 1.29 is 0 Å². The minimum absolute atomic E-state index is 0.700. The molecule has 5 heteroatoms. The lowest BCUT2D eigenvalue weighted by molar-refractivity contribution is 1.46. The van der Waals surface area contributed by atoms with Crippen LogP contribution in [0, 0.1) is 0 Å². The van der Waals surface area contributed by atoms with Crippen LogP contribution in [0.4, 0.5) is 5.69 Å². The first-order valence-electron chi connectivity index (χ1n) is 5.25. The molecule has 0 unspecified atom stereocenters. The number of halogens is 2. The third-order valence-corrected chi connectivity index (χ3v) is 4.57. The molecule has 1 aromatic heterocycles. The van der Waals surface area contributed by atoms with E-state index in [1.54, 1.807) is 11.3 Å². The highest BCUT2D eigenvalue weighted by Crippen LogP contribution is 2.36. The summed E-state index contributed by atoms with van der Waals surface area (Å²) in [6.45, 7) is 0. The molecule has 90 valence electrons. The maximum Gasteiger partial charge on any atom is 0.125 e. The Kier molecular flexibility index (Phi) is 3.01. The zero-order valence-electron chi connectivity index (χ0n) is 9.15. The Bertz CT molecular complexity index is 739. The van der Waals surface area contributed by atoms with E-state index in [-0.39, 0.29) is 0 Å². The molecular formula is C13H8BrClN2S. The average Bonchev–Trinajstić information content (AvgIpc) is 2.74. The standard InChI is InChI=1S/C13H8BrClN2S/c14-10-3-2-8(16)6-9(10)13-17-11-5-7(15)1-4-12(11)18-13/h1-6H,16H2. The van der Waals surface area contributed by atoms with Gasteiger partial charge in [-0.25, -0.2) is 4.98 Å². The highest BCUT2D eigenvalue weighted by molar-refractivity contribution is 9.10. The van der Waals surface area contributed by atoms with Crippen LogP contribution in [0.15, 0.2) is 40.9 Å². The van der Waals surface area contributed by atoms with Gasteiger partial charge in [-0.3, -0.25) is 0 Å². The molecule has 0 radical (unpaired) electrons. The van der Waals surface area contributed by atoms with Crippen molar-refractivity contribution >= 4 is 54.8 Å². The average molecular weight is 340 g/mol. The maximum absolute atomic E-state index is 5.97. The lowest BCUT2D eigenvalue weighted by atomic mass is 10.2. The first kappa shape index (κ1) is 12.0. The molecule has 0 aliphatic rings. The lowest BCUT2D eigenvalue weighted by Crippen LogP contribution is -1.86. The summed E-state index contributed by atoms with van der Waals surface area (Å²) in [6.07, 6.45) is 0. The van der Waals surface area contributed by atoms with Crippen LogP contribution in [-0.4, -0.2) is 4.98 Å². The number of nitrogens with zero attached hydrogens (tertiary/aromatic N) is 1. The van der Waals surface area contributed by atoms with Gasteiger partial charge >= 0.3 is 0 Å². The number of nitrogens with two attached hydrogens (primary N) is 1. The number of fused-ring (bicyclic) bond motifs is 1. The van der Waals surface area contributed by atoms with Crippen LogP contribution in [0.1, 0.15) is 0 Å². The Hall–Kier alpha value is -1.10. The van der Waals surface area contributed by atoms with Gasteiger partial charge in [0.1, 0.15) is 5.01 Å². The van der Waals surface area contributed by atoms with Crippen LogP contribution in [0.2, 0.25) is 5.02 Å².